The second kappa shape index (κ2) is 6.30. The fourth-order valence-corrected chi connectivity index (χ4v) is 3.35. The monoisotopic (exact) mass is 323 g/mol. The molecule has 0 aliphatic carbocycles. The number of nitrogens with zero attached hydrogens (tertiary/aromatic N) is 5. The van der Waals surface area contributed by atoms with Crippen LogP contribution in [0.15, 0.2) is 36.7 Å². The molecule has 0 radical (unpaired) electrons. The number of morpholine rings is 1. The molecule has 0 bridgehead atoms. The van der Waals surface area contributed by atoms with E-state index in [2.05, 4.69) is 51.3 Å². The molecule has 0 spiro atoms. The van der Waals surface area contributed by atoms with Crippen molar-refractivity contribution in [3.05, 3.63) is 53.7 Å². The van der Waals surface area contributed by atoms with E-state index in [0.717, 1.165) is 36.7 Å². The van der Waals surface area contributed by atoms with Gasteiger partial charge in [-0.2, -0.15) is 0 Å². The van der Waals surface area contributed by atoms with Gasteiger partial charge in [0.1, 0.15) is 12.4 Å². The second-order valence-corrected chi connectivity index (χ2v) is 6.33. The van der Waals surface area contributed by atoms with Gasteiger partial charge in [-0.05, 0) is 24.6 Å². The number of hydrogen-bond acceptors (Lipinski definition) is 5. The van der Waals surface area contributed by atoms with Crippen molar-refractivity contribution in [1.29, 1.82) is 0 Å². The van der Waals surface area contributed by atoms with E-state index < -0.39 is 0 Å². The number of para-hydroxylation sites is 1. The van der Waals surface area contributed by atoms with Crippen LogP contribution in [-0.2, 0) is 18.3 Å². The minimum atomic E-state index is -0.0274. The standard InChI is InChI=1S/C18H21N5O/c1-13-9-14(15-5-3-4-6-16(15)20-13)10-23-7-8-24-17(11-23)18-21-19-12-22(18)2/h3-6,9,12,17H,7-8,10-11H2,1-2H3. The molecular formula is C18H21N5O. The molecule has 6 heteroatoms. The van der Waals surface area contributed by atoms with Crippen molar-refractivity contribution >= 4 is 10.9 Å². The Morgan fingerprint density at radius 3 is 3.00 bits per heavy atom. The van der Waals surface area contributed by atoms with Crippen LogP contribution < -0.4 is 0 Å². The van der Waals surface area contributed by atoms with E-state index in [9.17, 15) is 0 Å². The number of rotatable bonds is 3. The Morgan fingerprint density at radius 2 is 2.17 bits per heavy atom. The van der Waals surface area contributed by atoms with Crippen LogP contribution in [0, 0.1) is 6.92 Å². The lowest BCUT2D eigenvalue weighted by molar-refractivity contribution is -0.0384. The van der Waals surface area contributed by atoms with Gasteiger partial charge in [-0.1, -0.05) is 18.2 Å². The quantitative estimate of drug-likeness (QED) is 0.740. The van der Waals surface area contributed by atoms with Crippen LogP contribution in [0.5, 0.6) is 0 Å². The van der Waals surface area contributed by atoms with Crippen molar-refractivity contribution in [2.24, 2.45) is 7.05 Å². The number of ether oxygens (including phenoxy) is 1. The zero-order valence-electron chi connectivity index (χ0n) is 14.0. The molecule has 2 aromatic heterocycles. The van der Waals surface area contributed by atoms with Gasteiger partial charge in [-0.15, -0.1) is 10.2 Å². The molecule has 1 unspecified atom stereocenters. The Labute approximate surface area is 141 Å². The number of aromatic nitrogens is 4. The van der Waals surface area contributed by atoms with Crippen molar-refractivity contribution in [3.8, 4) is 0 Å². The summed E-state index contributed by atoms with van der Waals surface area (Å²) in [6, 6.07) is 10.5. The maximum atomic E-state index is 5.90. The highest BCUT2D eigenvalue weighted by atomic mass is 16.5. The summed E-state index contributed by atoms with van der Waals surface area (Å²) in [7, 11) is 1.96. The highest BCUT2D eigenvalue weighted by Gasteiger charge is 2.25. The first kappa shape index (κ1) is 15.2. The Hall–Kier alpha value is -2.31. The van der Waals surface area contributed by atoms with Crippen LogP contribution in [0.1, 0.15) is 23.2 Å². The minimum absolute atomic E-state index is 0.0274. The van der Waals surface area contributed by atoms with Crippen LogP contribution in [0.4, 0.5) is 0 Å². The molecule has 1 atom stereocenters. The molecule has 0 amide bonds. The molecule has 24 heavy (non-hydrogen) atoms. The third kappa shape index (κ3) is 2.90. The summed E-state index contributed by atoms with van der Waals surface area (Å²) in [5.41, 5.74) is 3.43. The minimum Gasteiger partial charge on any atom is -0.368 e. The SMILES string of the molecule is Cc1cc(CN2CCOC(c3nncn3C)C2)c2ccccc2n1. The third-order valence-corrected chi connectivity index (χ3v) is 4.51. The first-order chi connectivity index (χ1) is 11.7. The van der Waals surface area contributed by atoms with Gasteiger partial charge in [0.25, 0.3) is 0 Å². The highest BCUT2D eigenvalue weighted by Crippen LogP contribution is 2.24. The van der Waals surface area contributed by atoms with Crippen molar-refractivity contribution in [1.82, 2.24) is 24.6 Å². The van der Waals surface area contributed by atoms with Gasteiger partial charge in [-0.25, -0.2) is 0 Å². The number of pyridine rings is 1. The van der Waals surface area contributed by atoms with E-state index in [1.807, 2.05) is 17.7 Å². The molecule has 0 saturated carbocycles. The number of aryl methyl sites for hydroxylation is 2. The summed E-state index contributed by atoms with van der Waals surface area (Å²) < 4.78 is 7.84. The molecular weight excluding hydrogens is 302 g/mol. The molecule has 4 rings (SSSR count). The Morgan fingerprint density at radius 1 is 1.29 bits per heavy atom. The number of benzene rings is 1. The van der Waals surface area contributed by atoms with E-state index in [1.165, 1.54) is 10.9 Å². The van der Waals surface area contributed by atoms with Crippen molar-refractivity contribution in [3.63, 3.8) is 0 Å². The smallest absolute Gasteiger partial charge is 0.163 e. The van der Waals surface area contributed by atoms with Gasteiger partial charge in [-0.3, -0.25) is 9.88 Å². The van der Waals surface area contributed by atoms with Crippen molar-refractivity contribution < 1.29 is 4.74 Å². The summed E-state index contributed by atoms with van der Waals surface area (Å²) in [6.45, 7) is 5.39. The van der Waals surface area contributed by atoms with Crippen LogP contribution in [-0.4, -0.2) is 44.3 Å². The zero-order chi connectivity index (χ0) is 16.5. The van der Waals surface area contributed by atoms with Crippen LogP contribution in [0.3, 0.4) is 0 Å². The summed E-state index contributed by atoms with van der Waals surface area (Å²) >= 11 is 0. The van der Waals surface area contributed by atoms with E-state index in [0.29, 0.717) is 6.61 Å². The largest absolute Gasteiger partial charge is 0.368 e. The normalized spacial score (nSPS) is 19.0. The molecule has 124 valence electrons. The summed E-state index contributed by atoms with van der Waals surface area (Å²) in [5.74, 6) is 0.885. The molecule has 0 N–H and O–H groups in total. The number of hydrogen-bond donors (Lipinski definition) is 0. The van der Waals surface area contributed by atoms with E-state index >= 15 is 0 Å². The van der Waals surface area contributed by atoms with Crippen molar-refractivity contribution in [2.75, 3.05) is 19.7 Å². The lowest BCUT2D eigenvalue weighted by Gasteiger charge is -2.32. The molecule has 3 heterocycles. The van der Waals surface area contributed by atoms with Gasteiger partial charge >= 0.3 is 0 Å². The average molecular weight is 323 g/mol. The Balaban J connectivity index is 1.58. The lowest BCUT2D eigenvalue weighted by Crippen LogP contribution is -2.38. The topological polar surface area (TPSA) is 56.1 Å². The molecule has 1 aliphatic rings. The number of fused-ring (bicyclic) bond motifs is 1. The fraction of sp³-hybridized carbons (Fsp3) is 0.389. The first-order valence-corrected chi connectivity index (χ1v) is 8.24. The van der Waals surface area contributed by atoms with Crippen molar-refractivity contribution in [2.45, 2.75) is 19.6 Å². The second-order valence-electron chi connectivity index (χ2n) is 6.33. The van der Waals surface area contributed by atoms with E-state index in [4.69, 9.17) is 4.74 Å². The molecule has 1 saturated heterocycles. The third-order valence-electron chi connectivity index (χ3n) is 4.51. The Kier molecular flexibility index (Phi) is 4.00. The van der Waals surface area contributed by atoms with Gasteiger partial charge < -0.3 is 9.30 Å². The van der Waals surface area contributed by atoms with E-state index in [1.54, 1.807) is 6.33 Å². The summed E-state index contributed by atoms with van der Waals surface area (Å²) in [6.07, 6.45) is 1.69. The van der Waals surface area contributed by atoms with Crippen LogP contribution in [0.25, 0.3) is 10.9 Å². The first-order valence-electron chi connectivity index (χ1n) is 8.24. The molecule has 1 fully saturated rings. The molecule has 3 aromatic rings. The average Bonchev–Trinajstić information content (AvgIpc) is 3.01. The fourth-order valence-electron chi connectivity index (χ4n) is 3.35. The van der Waals surface area contributed by atoms with Gasteiger partial charge in [0.2, 0.25) is 0 Å². The highest BCUT2D eigenvalue weighted by molar-refractivity contribution is 5.82. The molecule has 6 nitrogen and oxygen atoms in total. The summed E-state index contributed by atoms with van der Waals surface area (Å²) in [4.78, 5) is 7.05. The van der Waals surface area contributed by atoms with Gasteiger partial charge in [0, 0.05) is 37.8 Å². The Bertz CT molecular complexity index is 859. The van der Waals surface area contributed by atoms with Gasteiger partial charge in [0.15, 0.2) is 5.82 Å². The predicted molar refractivity (Wildman–Crippen MR) is 91.5 cm³/mol. The van der Waals surface area contributed by atoms with Crippen LogP contribution >= 0.6 is 0 Å². The lowest BCUT2D eigenvalue weighted by atomic mass is 10.1. The van der Waals surface area contributed by atoms with Crippen LogP contribution in [0.2, 0.25) is 0 Å². The van der Waals surface area contributed by atoms with Gasteiger partial charge in [0.05, 0.1) is 12.1 Å². The molecule has 1 aliphatic heterocycles. The molecule has 1 aromatic carbocycles. The van der Waals surface area contributed by atoms with E-state index in [-0.39, 0.29) is 6.10 Å². The predicted octanol–water partition coefficient (Wildman–Crippen LogP) is 2.25. The maximum Gasteiger partial charge on any atom is 0.163 e. The maximum absolute atomic E-state index is 5.90. The summed E-state index contributed by atoms with van der Waals surface area (Å²) in [5, 5.41) is 9.39. The zero-order valence-corrected chi connectivity index (χ0v) is 14.0.